The largest absolute Gasteiger partial charge is 0.395 e. The van der Waals surface area contributed by atoms with Gasteiger partial charge in [-0.05, 0) is 48.0 Å². The maximum atomic E-state index is 14.9. The van der Waals surface area contributed by atoms with Crippen molar-refractivity contribution < 1.29 is 40.7 Å². The molecule has 1 fully saturated rings. The summed E-state index contributed by atoms with van der Waals surface area (Å²) in [5.41, 5.74) is -1.38. The molecular formula is C27H16Cl4F6N2O3. The van der Waals surface area contributed by atoms with Gasteiger partial charge in [0.05, 0.1) is 27.2 Å². The number of rotatable bonds is 8. The van der Waals surface area contributed by atoms with E-state index in [1.165, 1.54) is 24.3 Å². The Kier molecular flexibility index (Phi) is 9.09. The average molecular weight is 672 g/mol. The summed E-state index contributed by atoms with van der Waals surface area (Å²) in [5, 5.41) is 4.34. The van der Waals surface area contributed by atoms with Crippen molar-refractivity contribution in [1.29, 1.82) is 0 Å². The van der Waals surface area contributed by atoms with Crippen LogP contribution in [0.15, 0.2) is 48.5 Å². The van der Waals surface area contributed by atoms with E-state index in [1.54, 1.807) is 0 Å². The maximum absolute atomic E-state index is 14.9. The van der Waals surface area contributed by atoms with Crippen LogP contribution in [-0.4, -0.2) is 28.1 Å². The van der Waals surface area contributed by atoms with Crippen molar-refractivity contribution >= 4 is 75.4 Å². The van der Waals surface area contributed by atoms with Crippen LogP contribution in [0.3, 0.4) is 0 Å². The first-order valence-corrected chi connectivity index (χ1v) is 13.3. The molecule has 4 rings (SSSR count). The average Bonchev–Trinajstić information content (AvgIpc) is 3.47. The number of nitrogens with one attached hydrogen (secondary N) is 2. The van der Waals surface area contributed by atoms with Crippen LogP contribution in [0.25, 0.3) is 0 Å². The second kappa shape index (κ2) is 11.9. The van der Waals surface area contributed by atoms with Crippen LogP contribution in [0.1, 0.15) is 33.8 Å². The van der Waals surface area contributed by atoms with Gasteiger partial charge in [0.25, 0.3) is 5.91 Å². The van der Waals surface area contributed by atoms with Gasteiger partial charge in [-0.3, -0.25) is 14.4 Å². The highest BCUT2D eigenvalue weighted by atomic mass is 35.5. The number of carbonyl (C=O) groups is 3. The fraction of sp³-hybridized carbons (Fsp3) is 0.222. The first-order chi connectivity index (χ1) is 19.5. The third-order valence-corrected chi connectivity index (χ3v) is 7.88. The SMILES string of the molecule is O=C(Cc1c(F)ccc(NC(=O)c2cc(NC(=O)[C@H]3[C@H](c4ccc(F)c(Cl)c4)C3(Cl)Cl)ccc2Cl)c1F)CC(F)(F)F. The molecule has 0 aliphatic heterocycles. The molecule has 0 radical (unpaired) electrons. The summed E-state index contributed by atoms with van der Waals surface area (Å²) in [6.07, 6.45) is -7.94. The highest BCUT2D eigenvalue weighted by molar-refractivity contribution is 6.53. The first kappa shape index (κ1) is 31.9. The van der Waals surface area contributed by atoms with Gasteiger partial charge in [0, 0.05) is 23.6 Å². The molecule has 0 saturated heterocycles. The third kappa shape index (κ3) is 6.96. The summed E-state index contributed by atoms with van der Waals surface area (Å²) < 4.78 is 78.5. The second-order valence-electron chi connectivity index (χ2n) is 9.34. The summed E-state index contributed by atoms with van der Waals surface area (Å²) >= 11 is 24.5. The fourth-order valence-electron chi connectivity index (χ4n) is 4.30. The predicted octanol–water partition coefficient (Wildman–Crippen LogP) is 8.25. The molecule has 2 atom stereocenters. The van der Waals surface area contributed by atoms with Gasteiger partial charge in [-0.15, -0.1) is 23.2 Å². The molecule has 0 unspecified atom stereocenters. The first-order valence-electron chi connectivity index (χ1n) is 11.8. The molecular weight excluding hydrogens is 656 g/mol. The molecule has 2 N–H and O–H groups in total. The Balaban J connectivity index is 1.50. The van der Waals surface area contributed by atoms with E-state index in [-0.39, 0.29) is 21.3 Å². The molecule has 42 heavy (non-hydrogen) atoms. The van der Waals surface area contributed by atoms with Gasteiger partial charge in [0.1, 0.15) is 28.2 Å². The molecule has 1 aliphatic rings. The molecule has 222 valence electrons. The highest BCUT2D eigenvalue weighted by Crippen LogP contribution is 2.65. The van der Waals surface area contributed by atoms with Crippen molar-refractivity contribution in [3.8, 4) is 0 Å². The molecule has 0 bridgehead atoms. The number of benzene rings is 3. The summed E-state index contributed by atoms with van der Waals surface area (Å²) in [6.45, 7) is 0. The number of Topliss-reactive ketones (excluding diaryl/α,β-unsaturated/α-hetero) is 1. The van der Waals surface area contributed by atoms with Crippen LogP contribution in [-0.2, 0) is 16.0 Å². The van der Waals surface area contributed by atoms with Crippen molar-refractivity contribution in [2.75, 3.05) is 10.6 Å². The predicted molar refractivity (Wildman–Crippen MR) is 146 cm³/mol. The van der Waals surface area contributed by atoms with E-state index < -0.39 is 81.5 Å². The van der Waals surface area contributed by atoms with Crippen LogP contribution in [0.2, 0.25) is 10.0 Å². The Hall–Kier alpha value is -2.99. The molecule has 0 spiro atoms. The van der Waals surface area contributed by atoms with Crippen molar-refractivity contribution in [1.82, 2.24) is 0 Å². The van der Waals surface area contributed by atoms with Crippen molar-refractivity contribution in [2.45, 2.75) is 29.3 Å². The lowest BCUT2D eigenvalue weighted by Crippen LogP contribution is -2.19. The smallest absolute Gasteiger partial charge is 0.326 e. The molecule has 1 saturated carbocycles. The van der Waals surface area contributed by atoms with E-state index in [0.717, 1.165) is 18.2 Å². The number of carbonyl (C=O) groups excluding carboxylic acids is 3. The van der Waals surface area contributed by atoms with Crippen molar-refractivity contribution in [2.24, 2.45) is 5.92 Å². The van der Waals surface area contributed by atoms with E-state index in [9.17, 15) is 40.7 Å². The number of anilines is 2. The van der Waals surface area contributed by atoms with Crippen molar-refractivity contribution in [3.05, 3.63) is 92.7 Å². The lowest BCUT2D eigenvalue weighted by atomic mass is 10.0. The summed E-state index contributed by atoms with van der Waals surface area (Å²) in [5.74, 6) is -8.26. The van der Waals surface area contributed by atoms with Gasteiger partial charge >= 0.3 is 6.18 Å². The number of amides is 2. The Morgan fingerprint density at radius 2 is 1.52 bits per heavy atom. The monoisotopic (exact) mass is 670 g/mol. The van der Waals surface area contributed by atoms with E-state index in [1.807, 2.05) is 0 Å². The van der Waals surface area contributed by atoms with E-state index in [0.29, 0.717) is 11.6 Å². The standard InChI is InChI=1S/C27H16Cl4F6N2O3/c28-16-3-2-12(38-25(42)22-21(27(22,30)31)11-1-4-19(33)17(29)7-11)8-14(16)24(41)39-20-6-5-18(32)15(23(20)34)9-13(40)10-26(35,36)37/h1-8,21-22H,9-10H2,(H,38,42)(H,39,41)/t21-,22+/m0/s1. The van der Waals surface area contributed by atoms with Crippen LogP contribution in [0.5, 0.6) is 0 Å². The van der Waals surface area contributed by atoms with Gasteiger partial charge in [-0.25, -0.2) is 13.2 Å². The Labute approximate surface area is 254 Å². The van der Waals surface area contributed by atoms with E-state index in [4.69, 9.17) is 46.4 Å². The molecule has 1 aliphatic carbocycles. The molecule has 3 aromatic carbocycles. The lowest BCUT2D eigenvalue weighted by Gasteiger charge is -2.13. The number of hydrogen-bond acceptors (Lipinski definition) is 3. The Morgan fingerprint density at radius 1 is 0.857 bits per heavy atom. The normalized spacial score (nSPS) is 17.5. The lowest BCUT2D eigenvalue weighted by molar-refractivity contribution is -0.151. The van der Waals surface area contributed by atoms with E-state index in [2.05, 4.69) is 10.6 Å². The quantitative estimate of drug-likeness (QED) is 0.187. The molecule has 5 nitrogen and oxygen atoms in total. The van der Waals surface area contributed by atoms with Crippen LogP contribution < -0.4 is 10.6 Å². The van der Waals surface area contributed by atoms with Crippen LogP contribution >= 0.6 is 46.4 Å². The van der Waals surface area contributed by atoms with Crippen LogP contribution in [0, 0.1) is 23.4 Å². The van der Waals surface area contributed by atoms with Crippen LogP contribution in [0.4, 0.5) is 37.7 Å². The zero-order valence-corrected chi connectivity index (χ0v) is 23.7. The zero-order chi connectivity index (χ0) is 31.1. The molecule has 3 aromatic rings. The van der Waals surface area contributed by atoms with Crippen molar-refractivity contribution in [3.63, 3.8) is 0 Å². The summed E-state index contributed by atoms with van der Waals surface area (Å²) in [7, 11) is 0. The summed E-state index contributed by atoms with van der Waals surface area (Å²) in [6, 6.07) is 9.00. The minimum atomic E-state index is -4.86. The third-order valence-electron chi connectivity index (χ3n) is 6.32. The minimum Gasteiger partial charge on any atom is -0.326 e. The molecule has 2 amide bonds. The van der Waals surface area contributed by atoms with Gasteiger partial charge in [-0.1, -0.05) is 29.3 Å². The number of halogens is 10. The molecule has 15 heteroatoms. The van der Waals surface area contributed by atoms with Gasteiger partial charge in [0.2, 0.25) is 5.91 Å². The van der Waals surface area contributed by atoms with Gasteiger partial charge < -0.3 is 10.6 Å². The topological polar surface area (TPSA) is 75.3 Å². The van der Waals surface area contributed by atoms with E-state index >= 15 is 0 Å². The minimum absolute atomic E-state index is 0.0551. The van der Waals surface area contributed by atoms with Gasteiger partial charge in [-0.2, -0.15) is 13.2 Å². The number of ketones is 1. The summed E-state index contributed by atoms with van der Waals surface area (Å²) in [4.78, 5) is 37.5. The Morgan fingerprint density at radius 3 is 2.17 bits per heavy atom. The fourth-order valence-corrected chi connectivity index (χ4v) is 5.52. The molecule has 0 aromatic heterocycles. The molecule has 0 heterocycles. The second-order valence-corrected chi connectivity index (χ2v) is 11.6. The highest BCUT2D eigenvalue weighted by Gasteiger charge is 2.67. The maximum Gasteiger partial charge on any atom is 0.395 e. The zero-order valence-electron chi connectivity index (χ0n) is 20.7. The number of alkyl halides is 5. The number of hydrogen-bond donors (Lipinski definition) is 2. The van der Waals surface area contributed by atoms with Gasteiger partial charge in [0.15, 0.2) is 5.82 Å². The Bertz CT molecular complexity index is 1600.